The molecular weight excluding hydrogens is 224 g/mol. The summed E-state index contributed by atoms with van der Waals surface area (Å²) in [5, 5.41) is 18.3. The van der Waals surface area contributed by atoms with Crippen LogP contribution in [0, 0.1) is 17.8 Å². The Kier molecular flexibility index (Phi) is 6.20. The highest BCUT2D eigenvalue weighted by Crippen LogP contribution is 2.33. The zero-order valence-corrected chi connectivity index (χ0v) is 11.7. The molecule has 0 aromatic heterocycles. The number of hydrogen-bond acceptors (Lipinski definition) is 2. The number of rotatable bonds is 1. The number of phenolic OH excluding ortho intramolecular Hbond substituents is 1. The Morgan fingerprint density at radius 1 is 1.11 bits per heavy atom. The highest BCUT2D eigenvalue weighted by molar-refractivity contribution is 5.18. The van der Waals surface area contributed by atoms with E-state index in [1.54, 1.807) is 24.3 Å². The SMILES string of the molecule is CC(C)[C@@H]1CC[C@@H](C)C[C@H]1O.Oc1ccccc1. The summed E-state index contributed by atoms with van der Waals surface area (Å²) in [5.74, 6) is 2.27. The van der Waals surface area contributed by atoms with Crippen molar-refractivity contribution >= 4 is 0 Å². The number of para-hydroxylation sites is 1. The highest BCUT2D eigenvalue weighted by Gasteiger charge is 2.28. The Hall–Kier alpha value is -1.02. The average Bonchev–Trinajstić information content (AvgIpc) is 2.30. The molecule has 18 heavy (non-hydrogen) atoms. The van der Waals surface area contributed by atoms with Crippen molar-refractivity contribution in [1.82, 2.24) is 0 Å². The van der Waals surface area contributed by atoms with E-state index in [0.717, 1.165) is 12.3 Å². The first-order valence-electron chi connectivity index (χ1n) is 6.92. The quantitative estimate of drug-likeness (QED) is 0.795. The van der Waals surface area contributed by atoms with E-state index < -0.39 is 0 Å². The first kappa shape index (κ1) is 15.0. The van der Waals surface area contributed by atoms with E-state index >= 15 is 0 Å². The summed E-state index contributed by atoms with van der Waals surface area (Å²) in [6.07, 6.45) is 3.52. The summed E-state index contributed by atoms with van der Waals surface area (Å²) in [5.41, 5.74) is 0. The second-order valence-corrected chi connectivity index (χ2v) is 5.73. The maximum Gasteiger partial charge on any atom is 0.115 e. The first-order valence-corrected chi connectivity index (χ1v) is 6.92. The maximum atomic E-state index is 9.71. The fourth-order valence-corrected chi connectivity index (χ4v) is 2.58. The van der Waals surface area contributed by atoms with Gasteiger partial charge in [0, 0.05) is 0 Å². The average molecular weight is 250 g/mol. The van der Waals surface area contributed by atoms with Gasteiger partial charge in [0.15, 0.2) is 0 Å². The third-order valence-electron chi connectivity index (χ3n) is 3.74. The molecule has 0 heterocycles. The van der Waals surface area contributed by atoms with E-state index in [2.05, 4.69) is 20.8 Å². The van der Waals surface area contributed by atoms with Gasteiger partial charge in [-0.05, 0) is 42.7 Å². The van der Waals surface area contributed by atoms with Crippen molar-refractivity contribution in [2.45, 2.75) is 46.1 Å². The van der Waals surface area contributed by atoms with Crippen LogP contribution in [0.25, 0.3) is 0 Å². The Morgan fingerprint density at radius 3 is 2.11 bits per heavy atom. The summed E-state index contributed by atoms with van der Waals surface area (Å²) in [7, 11) is 0. The minimum atomic E-state index is -0.0289. The fraction of sp³-hybridized carbons (Fsp3) is 0.625. The van der Waals surface area contributed by atoms with Gasteiger partial charge in [-0.2, -0.15) is 0 Å². The Labute approximate surface area is 111 Å². The van der Waals surface area contributed by atoms with Crippen LogP contribution in [0.5, 0.6) is 5.75 Å². The summed E-state index contributed by atoms with van der Waals surface area (Å²) in [4.78, 5) is 0. The second kappa shape index (κ2) is 7.42. The van der Waals surface area contributed by atoms with Crippen molar-refractivity contribution in [3.63, 3.8) is 0 Å². The third-order valence-corrected chi connectivity index (χ3v) is 3.74. The van der Waals surface area contributed by atoms with Gasteiger partial charge in [-0.1, -0.05) is 45.4 Å². The van der Waals surface area contributed by atoms with Crippen LogP contribution in [0.3, 0.4) is 0 Å². The molecular formula is C16H26O2. The lowest BCUT2D eigenvalue weighted by atomic mass is 9.75. The van der Waals surface area contributed by atoms with Crippen molar-refractivity contribution in [3.8, 4) is 5.75 Å². The van der Waals surface area contributed by atoms with E-state index in [1.807, 2.05) is 6.07 Å². The van der Waals surface area contributed by atoms with Crippen molar-refractivity contribution in [2.75, 3.05) is 0 Å². The molecule has 2 N–H and O–H groups in total. The summed E-state index contributed by atoms with van der Waals surface area (Å²) < 4.78 is 0. The summed E-state index contributed by atoms with van der Waals surface area (Å²) in [6, 6.07) is 8.71. The molecule has 0 spiro atoms. The van der Waals surface area contributed by atoms with Gasteiger partial charge in [0.25, 0.3) is 0 Å². The number of hydrogen-bond donors (Lipinski definition) is 2. The molecule has 2 rings (SSSR count). The van der Waals surface area contributed by atoms with Gasteiger partial charge in [0.05, 0.1) is 6.10 Å². The normalized spacial score (nSPS) is 27.5. The zero-order chi connectivity index (χ0) is 13.5. The molecule has 3 atom stereocenters. The second-order valence-electron chi connectivity index (χ2n) is 5.73. The van der Waals surface area contributed by atoms with E-state index in [1.165, 1.54) is 12.8 Å². The molecule has 1 aromatic rings. The number of aliphatic hydroxyl groups excluding tert-OH is 1. The van der Waals surface area contributed by atoms with E-state index in [-0.39, 0.29) is 6.10 Å². The summed E-state index contributed by atoms with van der Waals surface area (Å²) in [6.45, 7) is 6.66. The predicted octanol–water partition coefficient (Wildman–Crippen LogP) is 3.83. The Morgan fingerprint density at radius 2 is 1.72 bits per heavy atom. The van der Waals surface area contributed by atoms with Gasteiger partial charge in [-0.25, -0.2) is 0 Å². The molecule has 2 nitrogen and oxygen atoms in total. The monoisotopic (exact) mass is 250 g/mol. The molecule has 1 aliphatic carbocycles. The van der Waals surface area contributed by atoms with Crippen LogP contribution in [-0.2, 0) is 0 Å². The van der Waals surface area contributed by atoms with Crippen molar-refractivity contribution in [1.29, 1.82) is 0 Å². The van der Waals surface area contributed by atoms with Crippen LogP contribution in [0.4, 0.5) is 0 Å². The Balaban J connectivity index is 0.000000199. The van der Waals surface area contributed by atoms with Crippen LogP contribution in [0.1, 0.15) is 40.0 Å². The summed E-state index contributed by atoms with van der Waals surface area (Å²) >= 11 is 0. The van der Waals surface area contributed by atoms with E-state index in [0.29, 0.717) is 17.6 Å². The van der Waals surface area contributed by atoms with Crippen molar-refractivity contribution in [2.24, 2.45) is 17.8 Å². The van der Waals surface area contributed by atoms with Crippen LogP contribution < -0.4 is 0 Å². The molecule has 1 fully saturated rings. The van der Waals surface area contributed by atoms with E-state index in [4.69, 9.17) is 5.11 Å². The number of phenols is 1. The molecule has 0 amide bonds. The molecule has 102 valence electrons. The van der Waals surface area contributed by atoms with Gasteiger partial charge in [-0.15, -0.1) is 0 Å². The first-order chi connectivity index (χ1) is 8.50. The molecule has 0 bridgehead atoms. The van der Waals surface area contributed by atoms with Crippen LogP contribution in [0.15, 0.2) is 30.3 Å². The predicted molar refractivity (Wildman–Crippen MR) is 75.5 cm³/mol. The minimum absolute atomic E-state index is 0.0289. The highest BCUT2D eigenvalue weighted by atomic mass is 16.3. The smallest absolute Gasteiger partial charge is 0.115 e. The van der Waals surface area contributed by atoms with Crippen LogP contribution >= 0.6 is 0 Å². The molecule has 0 radical (unpaired) electrons. The van der Waals surface area contributed by atoms with Gasteiger partial charge >= 0.3 is 0 Å². The molecule has 2 heteroatoms. The zero-order valence-electron chi connectivity index (χ0n) is 11.7. The standard InChI is InChI=1S/C10H20O.C6H6O/c1-7(2)9-5-4-8(3)6-10(9)11;7-6-4-2-1-3-5-6/h7-11H,4-6H2,1-3H3;1-5,7H/t8-,9+,10-;/m1./s1. The lowest BCUT2D eigenvalue weighted by Gasteiger charge is -2.33. The molecule has 0 saturated heterocycles. The molecule has 1 aliphatic rings. The number of aromatic hydroxyl groups is 1. The number of aliphatic hydroxyl groups is 1. The van der Waals surface area contributed by atoms with Crippen molar-refractivity contribution in [3.05, 3.63) is 30.3 Å². The fourth-order valence-electron chi connectivity index (χ4n) is 2.58. The number of benzene rings is 1. The molecule has 1 aromatic carbocycles. The molecule has 0 aliphatic heterocycles. The lowest BCUT2D eigenvalue weighted by molar-refractivity contribution is 0.0266. The van der Waals surface area contributed by atoms with Crippen LogP contribution in [0.2, 0.25) is 0 Å². The minimum Gasteiger partial charge on any atom is -0.508 e. The lowest BCUT2D eigenvalue weighted by Crippen LogP contribution is -2.31. The molecule has 0 unspecified atom stereocenters. The largest absolute Gasteiger partial charge is 0.508 e. The van der Waals surface area contributed by atoms with Crippen LogP contribution in [-0.4, -0.2) is 16.3 Å². The maximum absolute atomic E-state index is 9.71. The van der Waals surface area contributed by atoms with E-state index in [9.17, 15) is 5.11 Å². The topological polar surface area (TPSA) is 40.5 Å². The van der Waals surface area contributed by atoms with Crippen molar-refractivity contribution < 1.29 is 10.2 Å². The van der Waals surface area contributed by atoms with Gasteiger partial charge < -0.3 is 10.2 Å². The van der Waals surface area contributed by atoms with Gasteiger partial charge in [0.2, 0.25) is 0 Å². The third kappa shape index (κ3) is 5.09. The molecule has 1 saturated carbocycles. The van der Waals surface area contributed by atoms with Gasteiger partial charge in [-0.3, -0.25) is 0 Å². The Bertz CT molecular complexity index is 321. The van der Waals surface area contributed by atoms with Gasteiger partial charge in [0.1, 0.15) is 5.75 Å².